The molecule has 0 atom stereocenters. The van der Waals surface area contributed by atoms with Gasteiger partial charge in [0, 0.05) is 11.9 Å². The van der Waals surface area contributed by atoms with Gasteiger partial charge in [0.05, 0.1) is 18.4 Å². The van der Waals surface area contributed by atoms with Crippen molar-refractivity contribution in [2.45, 2.75) is 33.1 Å². The van der Waals surface area contributed by atoms with Crippen molar-refractivity contribution in [3.05, 3.63) is 75.8 Å². The number of hydrogen-bond donors (Lipinski definition) is 1. The lowest BCUT2D eigenvalue weighted by Crippen LogP contribution is -2.12. The Kier molecular flexibility index (Phi) is 5.06. The van der Waals surface area contributed by atoms with E-state index < -0.39 is 11.9 Å². The number of halogens is 3. The zero-order chi connectivity index (χ0) is 21.5. The van der Waals surface area contributed by atoms with E-state index in [1.165, 1.54) is 10.2 Å². The lowest BCUT2D eigenvalue weighted by molar-refractivity contribution is -0.141. The number of aromatic nitrogens is 7. The van der Waals surface area contributed by atoms with Crippen molar-refractivity contribution in [2.75, 3.05) is 0 Å². The van der Waals surface area contributed by atoms with E-state index in [-0.39, 0.29) is 6.54 Å². The zero-order valence-electron chi connectivity index (χ0n) is 16.2. The summed E-state index contributed by atoms with van der Waals surface area (Å²) in [5, 5.41) is 14.9. The smallest absolute Gasteiger partial charge is 0.267 e. The molecule has 11 heteroatoms. The first-order valence-electron chi connectivity index (χ1n) is 9.07. The van der Waals surface area contributed by atoms with Crippen LogP contribution in [0.2, 0.25) is 0 Å². The van der Waals surface area contributed by atoms with Gasteiger partial charge >= 0.3 is 6.18 Å². The number of H-pyrrole nitrogens is 1. The van der Waals surface area contributed by atoms with Crippen LogP contribution in [0, 0.1) is 18.6 Å². The van der Waals surface area contributed by atoms with Crippen LogP contribution in [0.5, 0.6) is 0 Å². The maximum absolute atomic E-state index is 12.9. The van der Waals surface area contributed by atoms with Gasteiger partial charge in [-0.15, -0.1) is 0 Å². The minimum atomic E-state index is -4.50. The molecule has 30 heavy (non-hydrogen) atoms. The van der Waals surface area contributed by atoms with Gasteiger partial charge in [-0.25, -0.2) is 0 Å². The highest BCUT2D eigenvalue weighted by Gasteiger charge is 2.34. The molecule has 0 saturated heterocycles. The zero-order valence-corrected chi connectivity index (χ0v) is 17.0. The first kappa shape index (κ1) is 20.1. The van der Waals surface area contributed by atoms with Gasteiger partial charge in [-0.2, -0.15) is 28.5 Å². The Bertz CT molecular complexity index is 1230. The van der Waals surface area contributed by atoms with E-state index in [4.69, 9.17) is 12.2 Å². The summed E-state index contributed by atoms with van der Waals surface area (Å²) in [4.78, 5) is 0. The maximum Gasteiger partial charge on any atom is 0.435 e. The molecule has 3 aromatic heterocycles. The molecule has 4 rings (SSSR count). The van der Waals surface area contributed by atoms with Gasteiger partial charge in [0.1, 0.15) is 6.54 Å². The largest absolute Gasteiger partial charge is 0.435 e. The molecule has 0 fully saturated rings. The summed E-state index contributed by atoms with van der Waals surface area (Å²) in [6.07, 6.45) is -1.05. The molecule has 0 unspecified atom stereocenters. The number of rotatable bonds is 5. The van der Waals surface area contributed by atoms with E-state index in [9.17, 15) is 13.2 Å². The van der Waals surface area contributed by atoms with Crippen LogP contribution in [0.4, 0.5) is 13.2 Å². The summed E-state index contributed by atoms with van der Waals surface area (Å²) in [7, 11) is 0. The summed E-state index contributed by atoms with van der Waals surface area (Å²) in [5.41, 5.74) is 2.37. The number of nitrogens with one attached hydrogen (secondary N) is 1. The number of nitrogens with zero attached hydrogens (tertiary/aromatic N) is 6. The minimum absolute atomic E-state index is 0.0260. The van der Waals surface area contributed by atoms with Crippen LogP contribution >= 0.6 is 12.2 Å². The molecule has 0 aliphatic heterocycles. The highest BCUT2D eigenvalue weighted by molar-refractivity contribution is 7.71. The first-order chi connectivity index (χ1) is 14.2. The van der Waals surface area contributed by atoms with Crippen molar-refractivity contribution in [1.82, 2.24) is 34.3 Å². The third-order valence-electron chi connectivity index (χ3n) is 4.65. The van der Waals surface area contributed by atoms with Crippen LogP contribution in [0.1, 0.15) is 28.3 Å². The SMILES string of the molecule is Cc1ccc(Cn2cc(-n3c(Cn4nc(C(F)(F)F)cc4C)n[nH]c3=S)cn2)cc1. The molecule has 7 nitrogen and oxygen atoms in total. The Hall–Kier alpha value is -3.21. The summed E-state index contributed by atoms with van der Waals surface area (Å²) in [6, 6.07) is 9.14. The summed E-state index contributed by atoms with van der Waals surface area (Å²) < 4.78 is 43.8. The molecule has 3 heterocycles. The molecule has 1 aromatic carbocycles. The molecule has 0 aliphatic rings. The number of aromatic amines is 1. The Morgan fingerprint density at radius 3 is 2.50 bits per heavy atom. The fraction of sp³-hybridized carbons (Fsp3) is 0.263. The highest BCUT2D eigenvalue weighted by atomic mass is 32.1. The van der Waals surface area contributed by atoms with Crippen molar-refractivity contribution in [1.29, 1.82) is 0 Å². The summed E-state index contributed by atoms with van der Waals surface area (Å²) >= 11 is 5.32. The standard InChI is InChI=1S/C19H18F3N7S/c1-12-3-5-14(6-4-12)9-27-10-15(8-23-27)29-17(24-25-18(29)30)11-28-13(2)7-16(26-28)19(20,21)22/h3-8,10H,9,11H2,1-2H3,(H,25,30). The Balaban J connectivity index is 1.61. The van der Waals surface area contributed by atoms with Crippen LogP contribution in [0.15, 0.2) is 42.7 Å². The van der Waals surface area contributed by atoms with Crippen LogP contribution < -0.4 is 0 Å². The predicted octanol–water partition coefficient (Wildman–Crippen LogP) is 4.06. The highest BCUT2D eigenvalue weighted by Crippen LogP contribution is 2.28. The molecular weight excluding hydrogens is 415 g/mol. The quantitative estimate of drug-likeness (QED) is 0.482. The van der Waals surface area contributed by atoms with Crippen molar-refractivity contribution in [3.63, 3.8) is 0 Å². The second-order valence-electron chi connectivity index (χ2n) is 6.99. The first-order valence-corrected chi connectivity index (χ1v) is 9.48. The normalized spacial score (nSPS) is 11.9. The Morgan fingerprint density at radius 1 is 1.10 bits per heavy atom. The summed E-state index contributed by atoms with van der Waals surface area (Å²) in [6.45, 7) is 4.19. The maximum atomic E-state index is 12.9. The minimum Gasteiger partial charge on any atom is -0.267 e. The third kappa shape index (κ3) is 4.06. The Morgan fingerprint density at radius 2 is 1.83 bits per heavy atom. The molecule has 0 spiro atoms. The average molecular weight is 433 g/mol. The van der Waals surface area contributed by atoms with Gasteiger partial charge in [0.15, 0.2) is 16.3 Å². The van der Waals surface area contributed by atoms with Gasteiger partial charge in [-0.3, -0.25) is 19.0 Å². The fourth-order valence-corrected chi connectivity index (χ4v) is 3.34. The molecule has 1 N–H and O–H groups in total. The van der Waals surface area contributed by atoms with E-state index >= 15 is 0 Å². The molecule has 0 aliphatic carbocycles. The van der Waals surface area contributed by atoms with E-state index in [0.717, 1.165) is 11.6 Å². The summed E-state index contributed by atoms with van der Waals surface area (Å²) in [5.74, 6) is 0.426. The predicted molar refractivity (Wildman–Crippen MR) is 106 cm³/mol. The van der Waals surface area contributed by atoms with Gasteiger partial charge in [0.25, 0.3) is 0 Å². The van der Waals surface area contributed by atoms with E-state index in [0.29, 0.717) is 28.5 Å². The number of hydrogen-bond acceptors (Lipinski definition) is 4. The second kappa shape index (κ2) is 7.56. The second-order valence-corrected chi connectivity index (χ2v) is 7.38. The van der Waals surface area contributed by atoms with E-state index in [2.05, 4.69) is 20.4 Å². The molecule has 4 aromatic rings. The van der Waals surface area contributed by atoms with Gasteiger partial charge in [-0.1, -0.05) is 29.8 Å². The van der Waals surface area contributed by atoms with Crippen LogP contribution in [-0.4, -0.2) is 34.3 Å². The number of aryl methyl sites for hydroxylation is 2. The lowest BCUT2D eigenvalue weighted by atomic mass is 10.1. The third-order valence-corrected chi connectivity index (χ3v) is 4.92. The van der Waals surface area contributed by atoms with Gasteiger partial charge in [0.2, 0.25) is 0 Å². The lowest BCUT2D eigenvalue weighted by Gasteiger charge is -2.06. The number of alkyl halides is 3. The van der Waals surface area contributed by atoms with Gasteiger partial charge < -0.3 is 0 Å². The molecule has 0 saturated carbocycles. The van der Waals surface area contributed by atoms with Crippen LogP contribution in [-0.2, 0) is 19.3 Å². The van der Waals surface area contributed by atoms with Crippen molar-refractivity contribution in [3.8, 4) is 5.69 Å². The van der Waals surface area contributed by atoms with E-state index in [1.54, 1.807) is 22.4 Å². The van der Waals surface area contributed by atoms with Crippen molar-refractivity contribution in [2.24, 2.45) is 0 Å². The van der Waals surface area contributed by atoms with E-state index in [1.807, 2.05) is 37.4 Å². The topological polar surface area (TPSA) is 69.2 Å². The monoisotopic (exact) mass is 433 g/mol. The molecule has 0 amide bonds. The van der Waals surface area contributed by atoms with Gasteiger partial charge in [-0.05, 0) is 37.7 Å². The Labute approximate surface area is 174 Å². The van der Waals surface area contributed by atoms with Crippen molar-refractivity contribution >= 4 is 12.2 Å². The number of benzene rings is 1. The molecule has 0 radical (unpaired) electrons. The average Bonchev–Trinajstić information content (AvgIpc) is 3.37. The van der Waals surface area contributed by atoms with Crippen molar-refractivity contribution < 1.29 is 13.2 Å². The molecule has 0 bridgehead atoms. The molecular formula is C19H18F3N7S. The van der Waals surface area contributed by atoms with Crippen LogP contribution in [0.25, 0.3) is 5.69 Å². The fourth-order valence-electron chi connectivity index (χ4n) is 3.08. The van der Waals surface area contributed by atoms with Crippen LogP contribution in [0.3, 0.4) is 0 Å². The molecule has 156 valence electrons.